The van der Waals surface area contributed by atoms with Gasteiger partial charge in [0.1, 0.15) is 17.3 Å². The van der Waals surface area contributed by atoms with Crippen molar-refractivity contribution in [3.8, 4) is 11.5 Å². The van der Waals surface area contributed by atoms with Gasteiger partial charge in [0, 0.05) is 16.1 Å². The van der Waals surface area contributed by atoms with Gasteiger partial charge in [0.15, 0.2) is 0 Å². The van der Waals surface area contributed by atoms with E-state index in [4.69, 9.17) is 10.5 Å². The Balaban J connectivity index is 2.46. The van der Waals surface area contributed by atoms with Gasteiger partial charge in [-0.1, -0.05) is 35.8 Å². The Bertz CT molecular complexity index is 641. The monoisotopic (exact) mass is 351 g/mol. The van der Waals surface area contributed by atoms with Crippen LogP contribution in [0.1, 0.15) is 43.9 Å². The van der Waals surface area contributed by atoms with Gasteiger partial charge in [0.25, 0.3) is 0 Å². The second-order valence-electron chi connectivity index (χ2n) is 5.38. The molecule has 1 atom stereocenters. The predicted molar refractivity (Wildman–Crippen MR) is 87.3 cm³/mol. The van der Waals surface area contributed by atoms with E-state index < -0.39 is 6.04 Å². The Hall–Kier alpha value is -1.39. The van der Waals surface area contributed by atoms with Crippen molar-refractivity contribution in [2.75, 3.05) is 0 Å². The van der Waals surface area contributed by atoms with Gasteiger partial charge in [-0.15, -0.1) is 0 Å². The average Bonchev–Trinajstić information content (AvgIpc) is 2.40. The SMILES string of the molecule is CC(C)c1cc(Br)ccc1Oc1cccc(F)c1[C@@H](C)N. The lowest BCUT2D eigenvalue weighted by Gasteiger charge is -2.18. The molecule has 0 amide bonds. The molecule has 0 bridgehead atoms. The molecule has 112 valence electrons. The van der Waals surface area contributed by atoms with Gasteiger partial charge in [-0.25, -0.2) is 4.39 Å². The normalized spacial score (nSPS) is 12.5. The molecule has 0 aromatic heterocycles. The van der Waals surface area contributed by atoms with Crippen LogP contribution in [0, 0.1) is 5.82 Å². The maximum absolute atomic E-state index is 14.0. The molecule has 0 heterocycles. The first kappa shape index (κ1) is 16.0. The largest absolute Gasteiger partial charge is 0.457 e. The van der Waals surface area contributed by atoms with Crippen LogP contribution in [-0.2, 0) is 0 Å². The number of nitrogens with two attached hydrogens (primary N) is 1. The van der Waals surface area contributed by atoms with Crippen LogP contribution in [0.15, 0.2) is 40.9 Å². The molecule has 0 fully saturated rings. The molecule has 2 N–H and O–H groups in total. The summed E-state index contributed by atoms with van der Waals surface area (Å²) in [5.41, 5.74) is 7.32. The fourth-order valence-electron chi connectivity index (χ4n) is 2.23. The minimum Gasteiger partial charge on any atom is -0.457 e. The first-order valence-electron chi connectivity index (χ1n) is 6.91. The Morgan fingerprint density at radius 3 is 2.43 bits per heavy atom. The van der Waals surface area contributed by atoms with E-state index in [9.17, 15) is 4.39 Å². The minimum absolute atomic E-state index is 0.296. The Kier molecular flexibility index (Phi) is 5.01. The third-order valence-electron chi connectivity index (χ3n) is 3.28. The summed E-state index contributed by atoms with van der Waals surface area (Å²) in [6, 6.07) is 10.2. The van der Waals surface area contributed by atoms with Gasteiger partial charge < -0.3 is 10.5 Å². The highest BCUT2D eigenvalue weighted by atomic mass is 79.9. The van der Waals surface area contributed by atoms with Gasteiger partial charge in [-0.2, -0.15) is 0 Å². The molecule has 21 heavy (non-hydrogen) atoms. The second kappa shape index (κ2) is 6.58. The molecule has 0 saturated carbocycles. The number of ether oxygens (including phenoxy) is 1. The van der Waals surface area contributed by atoms with E-state index in [-0.39, 0.29) is 5.82 Å². The maximum atomic E-state index is 14.0. The standard InChI is InChI=1S/C17H19BrFNO/c1-10(2)13-9-12(18)7-8-15(13)21-16-6-4-5-14(19)17(16)11(3)20/h4-11H,20H2,1-3H3/t11-/m1/s1. The van der Waals surface area contributed by atoms with E-state index in [0.29, 0.717) is 17.2 Å². The highest BCUT2D eigenvalue weighted by Gasteiger charge is 2.16. The topological polar surface area (TPSA) is 35.2 Å². The van der Waals surface area contributed by atoms with Crippen molar-refractivity contribution >= 4 is 15.9 Å². The van der Waals surface area contributed by atoms with Crippen molar-refractivity contribution in [3.63, 3.8) is 0 Å². The summed E-state index contributed by atoms with van der Waals surface area (Å²) in [5, 5.41) is 0. The van der Waals surface area contributed by atoms with Crippen LogP contribution in [0.3, 0.4) is 0 Å². The fraction of sp³-hybridized carbons (Fsp3) is 0.294. The van der Waals surface area contributed by atoms with E-state index in [1.165, 1.54) is 6.07 Å². The van der Waals surface area contributed by atoms with Crippen LogP contribution < -0.4 is 10.5 Å². The summed E-state index contributed by atoms with van der Waals surface area (Å²) >= 11 is 3.46. The van der Waals surface area contributed by atoms with Crippen LogP contribution in [0.2, 0.25) is 0 Å². The summed E-state index contributed by atoms with van der Waals surface area (Å²) in [4.78, 5) is 0. The third-order valence-corrected chi connectivity index (χ3v) is 3.78. The molecule has 0 aliphatic carbocycles. The molecule has 2 nitrogen and oxygen atoms in total. The summed E-state index contributed by atoms with van der Waals surface area (Å²) in [6.07, 6.45) is 0. The van der Waals surface area contributed by atoms with Crippen molar-refractivity contribution in [3.05, 3.63) is 57.8 Å². The van der Waals surface area contributed by atoms with Crippen molar-refractivity contribution in [2.45, 2.75) is 32.7 Å². The molecule has 0 aliphatic heterocycles. The van der Waals surface area contributed by atoms with Gasteiger partial charge in [-0.3, -0.25) is 0 Å². The molecule has 2 aromatic rings. The van der Waals surface area contributed by atoms with E-state index in [2.05, 4.69) is 29.8 Å². The fourth-order valence-corrected chi connectivity index (χ4v) is 2.61. The lowest BCUT2D eigenvalue weighted by molar-refractivity contribution is 0.453. The number of rotatable bonds is 4. The van der Waals surface area contributed by atoms with Crippen molar-refractivity contribution < 1.29 is 9.13 Å². The summed E-state index contributed by atoms with van der Waals surface area (Å²) < 4.78 is 20.9. The lowest BCUT2D eigenvalue weighted by atomic mass is 10.0. The van der Waals surface area contributed by atoms with Crippen LogP contribution >= 0.6 is 15.9 Å². The van der Waals surface area contributed by atoms with Crippen molar-refractivity contribution in [2.24, 2.45) is 5.73 Å². The van der Waals surface area contributed by atoms with Gasteiger partial charge in [0.2, 0.25) is 0 Å². The molecule has 0 saturated heterocycles. The number of hydrogen-bond acceptors (Lipinski definition) is 2. The smallest absolute Gasteiger partial charge is 0.135 e. The maximum Gasteiger partial charge on any atom is 0.135 e. The zero-order valence-corrected chi connectivity index (χ0v) is 13.9. The lowest BCUT2D eigenvalue weighted by Crippen LogP contribution is -2.09. The van der Waals surface area contributed by atoms with E-state index in [0.717, 1.165) is 15.8 Å². The number of benzene rings is 2. The first-order valence-corrected chi connectivity index (χ1v) is 7.70. The second-order valence-corrected chi connectivity index (χ2v) is 6.29. The predicted octanol–water partition coefficient (Wildman–Crippen LogP) is 5.52. The molecular formula is C17H19BrFNO. The van der Waals surface area contributed by atoms with Crippen LogP contribution in [0.25, 0.3) is 0 Å². The zero-order chi connectivity index (χ0) is 15.6. The van der Waals surface area contributed by atoms with Gasteiger partial charge in [-0.05, 0) is 48.7 Å². The average molecular weight is 352 g/mol. The van der Waals surface area contributed by atoms with Crippen LogP contribution in [0.4, 0.5) is 4.39 Å². The molecule has 4 heteroatoms. The van der Waals surface area contributed by atoms with Crippen LogP contribution in [-0.4, -0.2) is 0 Å². The molecular weight excluding hydrogens is 333 g/mol. The molecule has 2 aromatic carbocycles. The van der Waals surface area contributed by atoms with Gasteiger partial charge in [0.05, 0.1) is 0 Å². The first-order chi connectivity index (χ1) is 9.90. The third kappa shape index (κ3) is 3.63. The molecule has 0 aliphatic rings. The number of halogens is 2. The zero-order valence-electron chi connectivity index (χ0n) is 12.4. The van der Waals surface area contributed by atoms with Gasteiger partial charge >= 0.3 is 0 Å². The molecule has 0 unspecified atom stereocenters. The highest BCUT2D eigenvalue weighted by molar-refractivity contribution is 9.10. The summed E-state index contributed by atoms with van der Waals surface area (Å²) in [5.74, 6) is 1.14. The van der Waals surface area contributed by atoms with E-state index >= 15 is 0 Å². The molecule has 0 spiro atoms. The number of hydrogen-bond donors (Lipinski definition) is 1. The minimum atomic E-state index is -0.431. The Morgan fingerprint density at radius 2 is 1.81 bits per heavy atom. The molecule has 2 rings (SSSR count). The quantitative estimate of drug-likeness (QED) is 0.786. The molecule has 0 radical (unpaired) electrons. The van der Waals surface area contributed by atoms with E-state index in [1.54, 1.807) is 19.1 Å². The Labute approximate surface area is 133 Å². The highest BCUT2D eigenvalue weighted by Crippen LogP contribution is 2.36. The van der Waals surface area contributed by atoms with E-state index in [1.807, 2.05) is 18.2 Å². The van der Waals surface area contributed by atoms with Crippen molar-refractivity contribution in [1.29, 1.82) is 0 Å². The van der Waals surface area contributed by atoms with Crippen molar-refractivity contribution in [1.82, 2.24) is 0 Å². The van der Waals surface area contributed by atoms with Crippen LogP contribution in [0.5, 0.6) is 11.5 Å². The summed E-state index contributed by atoms with van der Waals surface area (Å²) in [7, 11) is 0. The Morgan fingerprint density at radius 1 is 1.10 bits per heavy atom. The summed E-state index contributed by atoms with van der Waals surface area (Å²) in [6.45, 7) is 5.93.